The third kappa shape index (κ3) is 3.24. The molecule has 1 fully saturated rings. The van der Waals surface area contributed by atoms with Crippen molar-refractivity contribution in [1.82, 2.24) is 0 Å². The second-order valence-corrected chi connectivity index (χ2v) is 8.05. The van der Waals surface area contributed by atoms with Crippen LogP contribution in [0.2, 0.25) is 0 Å². The number of fused-ring (bicyclic) bond motifs is 1. The normalized spacial score (nSPS) is 17.0. The molecule has 1 heterocycles. The Labute approximate surface area is 135 Å². The first-order valence-electron chi connectivity index (χ1n) is 7.75. The Bertz CT molecular complexity index is 752. The molecule has 2 aliphatic rings. The van der Waals surface area contributed by atoms with Crippen molar-refractivity contribution in [3.05, 3.63) is 29.3 Å². The van der Waals surface area contributed by atoms with Gasteiger partial charge in [0, 0.05) is 12.1 Å². The standard InChI is InChI=1S/C16H19NO5S/c1-2-23(20,21)17-8-7-12-9-13(5-6-14(12)17)15(18)10-22-16(19)11-3-4-11/h5-6,9,11H,2-4,7-8,10H2,1H3. The Kier molecular flexibility index (Phi) is 4.14. The van der Waals surface area contributed by atoms with Gasteiger partial charge in [-0.15, -0.1) is 0 Å². The lowest BCUT2D eigenvalue weighted by Gasteiger charge is -2.18. The molecule has 1 aromatic rings. The van der Waals surface area contributed by atoms with Crippen LogP contribution in [0.15, 0.2) is 18.2 Å². The van der Waals surface area contributed by atoms with Gasteiger partial charge in [0.15, 0.2) is 12.4 Å². The van der Waals surface area contributed by atoms with E-state index in [0.29, 0.717) is 24.2 Å². The van der Waals surface area contributed by atoms with Gasteiger partial charge in [-0.25, -0.2) is 8.42 Å². The average molecular weight is 337 g/mol. The van der Waals surface area contributed by atoms with Gasteiger partial charge in [-0.05, 0) is 49.9 Å². The van der Waals surface area contributed by atoms with E-state index in [2.05, 4.69) is 0 Å². The van der Waals surface area contributed by atoms with Crippen molar-refractivity contribution < 1.29 is 22.7 Å². The van der Waals surface area contributed by atoms with Crippen molar-refractivity contribution in [2.24, 2.45) is 5.92 Å². The quantitative estimate of drug-likeness (QED) is 0.581. The lowest BCUT2D eigenvalue weighted by atomic mass is 10.1. The summed E-state index contributed by atoms with van der Waals surface area (Å²) in [5.41, 5.74) is 1.92. The fourth-order valence-corrected chi connectivity index (χ4v) is 3.81. The van der Waals surface area contributed by atoms with Gasteiger partial charge in [0.1, 0.15) is 0 Å². The fourth-order valence-electron chi connectivity index (χ4n) is 2.65. The first-order valence-corrected chi connectivity index (χ1v) is 9.36. The van der Waals surface area contributed by atoms with Gasteiger partial charge in [0.25, 0.3) is 0 Å². The Morgan fingerprint density at radius 3 is 2.70 bits per heavy atom. The van der Waals surface area contributed by atoms with Gasteiger partial charge in [-0.1, -0.05) is 0 Å². The van der Waals surface area contributed by atoms with Crippen molar-refractivity contribution in [2.75, 3.05) is 23.2 Å². The molecule has 0 aromatic heterocycles. The molecule has 0 spiro atoms. The molecule has 0 saturated heterocycles. The summed E-state index contributed by atoms with van der Waals surface area (Å²) >= 11 is 0. The fraction of sp³-hybridized carbons (Fsp3) is 0.500. The van der Waals surface area contributed by atoms with Crippen LogP contribution in [-0.4, -0.2) is 39.1 Å². The summed E-state index contributed by atoms with van der Waals surface area (Å²) < 4.78 is 30.5. The predicted octanol–water partition coefficient (Wildman–Crippen LogP) is 1.53. The van der Waals surface area contributed by atoms with Crippen LogP contribution in [-0.2, 0) is 26.0 Å². The van der Waals surface area contributed by atoms with Crippen molar-refractivity contribution >= 4 is 27.5 Å². The molecule has 7 heteroatoms. The number of hydrogen-bond donors (Lipinski definition) is 0. The van der Waals surface area contributed by atoms with Gasteiger partial charge in [-0.2, -0.15) is 0 Å². The lowest BCUT2D eigenvalue weighted by molar-refractivity contribution is -0.144. The van der Waals surface area contributed by atoms with Crippen LogP contribution < -0.4 is 4.31 Å². The topological polar surface area (TPSA) is 80.8 Å². The van der Waals surface area contributed by atoms with E-state index in [1.807, 2.05) is 0 Å². The summed E-state index contributed by atoms with van der Waals surface area (Å²) in [5, 5.41) is 0. The Balaban J connectivity index is 1.71. The molecule has 1 aliphatic heterocycles. The average Bonchev–Trinajstić information content (AvgIpc) is 3.30. The van der Waals surface area contributed by atoms with E-state index >= 15 is 0 Å². The first-order chi connectivity index (χ1) is 10.9. The number of carbonyl (C=O) groups excluding carboxylic acids is 2. The zero-order valence-corrected chi connectivity index (χ0v) is 13.8. The molecule has 1 aliphatic carbocycles. The molecule has 0 N–H and O–H groups in total. The highest BCUT2D eigenvalue weighted by Crippen LogP contribution is 2.32. The smallest absolute Gasteiger partial charge is 0.309 e. The van der Waals surface area contributed by atoms with Crippen molar-refractivity contribution in [3.63, 3.8) is 0 Å². The van der Waals surface area contributed by atoms with E-state index in [-0.39, 0.29) is 30.0 Å². The molecular formula is C16H19NO5S. The summed E-state index contributed by atoms with van der Waals surface area (Å²) in [6.07, 6.45) is 2.26. The van der Waals surface area contributed by atoms with E-state index in [9.17, 15) is 18.0 Å². The maximum atomic E-state index is 12.1. The van der Waals surface area contributed by atoms with Crippen LogP contribution >= 0.6 is 0 Å². The Morgan fingerprint density at radius 1 is 1.30 bits per heavy atom. The molecule has 0 radical (unpaired) electrons. The minimum Gasteiger partial charge on any atom is -0.457 e. The monoisotopic (exact) mass is 337 g/mol. The maximum absolute atomic E-state index is 12.1. The van der Waals surface area contributed by atoms with E-state index in [4.69, 9.17) is 4.74 Å². The van der Waals surface area contributed by atoms with E-state index in [1.165, 1.54) is 4.31 Å². The van der Waals surface area contributed by atoms with Crippen molar-refractivity contribution in [1.29, 1.82) is 0 Å². The van der Waals surface area contributed by atoms with Gasteiger partial charge >= 0.3 is 5.97 Å². The van der Waals surface area contributed by atoms with E-state index < -0.39 is 10.0 Å². The molecule has 0 atom stereocenters. The largest absolute Gasteiger partial charge is 0.457 e. The molecule has 1 aromatic carbocycles. The van der Waals surface area contributed by atoms with Crippen LogP contribution in [0.25, 0.3) is 0 Å². The number of benzene rings is 1. The number of carbonyl (C=O) groups is 2. The van der Waals surface area contributed by atoms with Crippen LogP contribution in [0.4, 0.5) is 5.69 Å². The van der Waals surface area contributed by atoms with E-state index in [0.717, 1.165) is 18.4 Å². The second-order valence-electron chi connectivity index (χ2n) is 5.87. The molecule has 1 saturated carbocycles. The third-order valence-electron chi connectivity index (χ3n) is 4.21. The van der Waals surface area contributed by atoms with Gasteiger partial charge in [-0.3, -0.25) is 13.9 Å². The van der Waals surface area contributed by atoms with Crippen LogP contribution in [0, 0.1) is 5.92 Å². The molecule has 0 unspecified atom stereocenters. The highest BCUT2D eigenvalue weighted by molar-refractivity contribution is 7.92. The number of ether oxygens (including phenoxy) is 1. The highest BCUT2D eigenvalue weighted by atomic mass is 32.2. The minimum atomic E-state index is -3.29. The van der Waals surface area contributed by atoms with Crippen molar-refractivity contribution in [2.45, 2.75) is 26.2 Å². The summed E-state index contributed by atoms with van der Waals surface area (Å²) in [7, 11) is -3.29. The summed E-state index contributed by atoms with van der Waals surface area (Å²) in [4.78, 5) is 23.6. The predicted molar refractivity (Wildman–Crippen MR) is 85.0 cm³/mol. The Morgan fingerprint density at radius 2 is 2.04 bits per heavy atom. The summed E-state index contributed by atoms with van der Waals surface area (Å²) in [6.45, 7) is 1.75. The minimum absolute atomic E-state index is 0.0318. The number of nitrogens with zero attached hydrogens (tertiary/aromatic N) is 1. The SMILES string of the molecule is CCS(=O)(=O)N1CCc2cc(C(=O)COC(=O)C3CC3)ccc21. The summed E-state index contributed by atoms with van der Waals surface area (Å²) in [5.74, 6) is -0.557. The van der Waals surface area contributed by atoms with Crippen LogP contribution in [0.5, 0.6) is 0 Å². The van der Waals surface area contributed by atoms with Crippen LogP contribution in [0.3, 0.4) is 0 Å². The van der Waals surface area contributed by atoms with Crippen LogP contribution in [0.1, 0.15) is 35.7 Å². The molecule has 23 heavy (non-hydrogen) atoms. The number of hydrogen-bond acceptors (Lipinski definition) is 5. The number of esters is 1. The van der Waals surface area contributed by atoms with Crippen molar-refractivity contribution in [3.8, 4) is 0 Å². The number of Topliss-reactive ketones (excluding diaryl/α,β-unsaturated/α-hetero) is 1. The molecule has 124 valence electrons. The highest BCUT2D eigenvalue weighted by Gasteiger charge is 2.32. The van der Waals surface area contributed by atoms with Gasteiger partial charge in [0.2, 0.25) is 10.0 Å². The third-order valence-corrected chi connectivity index (χ3v) is 5.99. The maximum Gasteiger partial charge on any atom is 0.309 e. The number of sulfonamides is 1. The lowest BCUT2D eigenvalue weighted by Crippen LogP contribution is -2.30. The zero-order chi connectivity index (χ0) is 16.6. The van der Waals surface area contributed by atoms with Gasteiger partial charge < -0.3 is 4.74 Å². The zero-order valence-electron chi connectivity index (χ0n) is 12.9. The number of anilines is 1. The number of rotatable bonds is 6. The van der Waals surface area contributed by atoms with Gasteiger partial charge in [0.05, 0.1) is 17.4 Å². The molecule has 3 rings (SSSR count). The first kappa shape index (κ1) is 16.0. The Hall–Kier alpha value is -1.89. The molecule has 6 nitrogen and oxygen atoms in total. The number of ketones is 1. The molecule has 0 amide bonds. The second kappa shape index (κ2) is 5.96. The van der Waals surface area contributed by atoms with E-state index in [1.54, 1.807) is 25.1 Å². The molecular weight excluding hydrogens is 318 g/mol. The molecule has 0 bridgehead atoms. The summed E-state index contributed by atoms with van der Waals surface area (Å²) in [6, 6.07) is 4.95.